The van der Waals surface area contributed by atoms with E-state index in [2.05, 4.69) is 9.62 Å². The second kappa shape index (κ2) is 7.84. The van der Waals surface area contributed by atoms with Gasteiger partial charge in [-0.25, -0.2) is 17.5 Å². The fourth-order valence-electron chi connectivity index (χ4n) is 2.19. The fraction of sp³-hybridized carbons (Fsp3) is 0.571. The minimum Gasteiger partial charge on any atom is -0.379 e. The topological polar surface area (TPSA) is 58.6 Å². The largest absolute Gasteiger partial charge is 0.379 e. The Morgan fingerprint density at radius 3 is 2.48 bits per heavy atom. The highest BCUT2D eigenvalue weighted by Gasteiger charge is 2.13. The van der Waals surface area contributed by atoms with E-state index in [1.165, 1.54) is 12.1 Å². The molecule has 0 amide bonds. The first-order chi connectivity index (χ1) is 10.1. The molecule has 0 atom stereocenters. The average Bonchev–Trinajstić information content (AvgIpc) is 2.48. The Kier molecular flexibility index (Phi) is 6.10. The Morgan fingerprint density at radius 2 is 1.81 bits per heavy atom. The van der Waals surface area contributed by atoms with Crippen molar-refractivity contribution in [3.05, 3.63) is 30.1 Å². The maximum Gasteiger partial charge on any atom is 0.240 e. The summed E-state index contributed by atoms with van der Waals surface area (Å²) in [4.78, 5) is 2.41. The second-order valence-electron chi connectivity index (χ2n) is 5.01. The molecule has 0 aromatic heterocycles. The zero-order valence-corrected chi connectivity index (χ0v) is 12.7. The van der Waals surface area contributed by atoms with Gasteiger partial charge in [0.25, 0.3) is 0 Å². The summed E-state index contributed by atoms with van der Waals surface area (Å²) in [5.74, 6) is -0.445. The highest BCUT2D eigenvalue weighted by molar-refractivity contribution is 7.89. The van der Waals surface area contributed by atoms with Gasteiger partial charge in [0, 0.05) is 19.6 Å². The highest BCUT2D eigenvalue weighted by Crippen LogP contribution is 2.09. The van der Waals surface area contributed by atoms with Crippen molar-refractivity contribution >= 4 is 10.0 Å². The zero-order valence-electron chi connectivity index (χ0n) is 11.9. The van der Waals surface area contributed by atoms with Crippen LogP contribution in [0.15, 0.2) is 29.2 Å². The second-order valence-corrected chi connectivity index (χ2v) is 6.78. The van der Waals surface area contributed by atoms with Gasteiger partial charge in [-0.2, -0.15) is 0 Å². The zero-order chi connectivity index (χ0) is 15.1. The molecule has 118 valence electrons. The number of nitrogens with zero attached hydrogens (tertiary/aromatic N) is 1. The molecule has 1 aromatic rings. The molecule has 1 N–H and O–H groups in total. The monoisotopic (exact) mass is 316 g/mol. The number of morpholine rings is 1. The van der Waals surface area contributed by atoms with Gasteiger partial charge in [0.05, 0.1) is 18.1 Å². The van der Waals surface area contributed by atoms with E-state index in [9.17, 15) is 12.8 Å². The predicted molar refractivity (Wildman–Crippen MR) is 78.1 cm³/mol. The van der Waals surface area contributed by atoms with Crippen LogP contribution in [0.2, 0.25) is 0 Å². The third kappa shape index (κ3) is 5.35. The Balaban J connectivity index is 1.68. The molecule has 1 fully saturated rings. The van der Waals surface area contributed by atoms with Crippen LogP contribution >= 0.6 is 0 Å². The van der Waals surface area contributed by atoms with E-state index in [0.29, 0.717) is 6.54 Å². The summed E-state index contributed by atoms with van der Waals surface area (Å²) in [6.45, 7) is 4.79. The molecule has 0 saturated carbocycles. The van der Waals surface area contributed by atoms with E-state index in [1.807, 2.05) is 0 Å². The lowest BCUT2D eigenvalue weighted by Crippen LogP contribution is -2.37. The standard InChI is InChI=1S/C14H21FN2O3S/c15-13-3-5-14(6-4-13)21(18,19)16-7-1-2-8-17-9-11-20-12-10-17/h3-6,16H,1-2,7-12H2. The molecule has 1 aromatic carbocycles. The van der Waals surface area contributed by atoms with Gasteiger partial charge >= 0.3 is 0 Å². The van der Waals surface area contributed by atoms with Gasteiger partial charge in [0.1, 0.15) is 5.82 Å². The average molecular weight is 316 g/mol. The lowest BCUT2D eigenvalue weighted by molar-refractivity contribution is 0.0372. The van der Waals surface area contributed by atoms with Gasteiger partial charge in [-0.3, -0.25) is 4.90 Å². The SMILES string of the molecule is O=S(=O)(NCCCCN1CCOCC1)c1ccc(F)cc1. The molecule has 0 bridgehead atoms. The summed E-state index contributed by atoms with van der Waals surface area (Å²) in [6.07, 6.45) is 1.71. The maximum atomic E-state index is 12.8. The van der Waals surface area contributed by atoms with Crippen LogP contribution in [-0.4, -0.2) is 52.7 Å². The van der Waals surface area contributed by atoms with Crippen LogP contribution < -0.4 is 4.72 Å². The molecule has 0 spiro atoms. The van der Waals surface area contributed by atoms with Gasteiger partial charge in [0.15, 0.2) is 0 Å². The fourth-order valence-corrected chi connectivity index (χ4v) is 3.26. The number of nitrogens with one attached hydrogen (secondary N) is 1. The molecule has 7 heteroatoms. The number of benzene rings is 1. The molecule has 0 unspecified atom stereocenters. The van der Waals surface area contributed by atoms with Crippen molar-refractivity contribution in [2.75, 3.05) is 39.4 Å². The highest BCUT2D eigenvalue weighted by atomic mass is 32.2. The first kappa shape index (κ1) is 16.4. The summed E-state index contributed by atoms with van der Waals surface area (Å²) in [7, 11) is -3.53. The first-order valence-electron chi connectivity index (χ1n) is 7.13. The van der Waals surface area contributed by atoms with Crippen molar-refractivity contribution in [3.63, 3.8) is 0 Å². The first-order valence-corrected chi connectivity index (χ1v) is 8.61. The van der Waals surface area contributed by atoms with E-state index in [-0.39, 0.29) is 4.90 Å². The van der Waals surface area contributed by atoms with Crippen LogP contribution in [0, 0.1) is 5.82 Å². The number of sulfonamides is 1. The molecule has 0 aliphatic carbocycles. The maximum absolute atomic E-state index is 12.8. The summed E-state index contributed by atoms with van der Waals surface area (Å²) in [5, 5.41) is 0. The molecule has 2 rings (SSSR count). The van der Waals surface area contributed by atoms with Crippen LogP contribution in [0.4, 0.5) is 4.39 Å². The van der Waals surface area contributed by atoms with Crippen molar-refractivity contribution in [3.8, 4) is 0 Å². The number of rotatable bonds is 7. The number of ether oxygens (including phenoxy) is 1. The van der Waals surface area contributed by atoms with Gasteiger partial charge in [-0.15, -0.1) is 0 Å². The Bertz CT molecular complexity index is 528. The Morgan fingerprint density at radius 1 is 1.14 bits per heavy atom. The third-order valence-electron chi connectivity index (χ3n) is 3.42. The van der Waals surface area contributed by atoms with E-state index >= 15 is 0 Å². The van der Waals surface area contributed by atoms with Crippen LogP contribution in [0.1, 0.15) is 12.8 Å². The molecule has 5 nitrogen and oxygen atoms in total. The summed E-state index contributed by atoms with van der Waals surface area (Å²) in [5.41, 5.74) is 0. The normalized spacial score (nSPS) is 17.0. The van der Waals surface area contributed by atoms with Gasteiger partial charge in [-0.1, -0.05) is 0 Å². The van der Waals surface area contributed by atoms with Crippen LogP contribution in [0.5, 0.6) is 0 Å². The Labute approximate surface area is 125 Å². The van der Waals surface area contributed by atoms with Crippen molar-refractivity contribution < 1.29 is 17.5 Å². The minimum absolute atomic E-state index is 0.0945. The molecular formula is C14H21FN2O3S. The number of hydrogen-bond donors (Lipinski definition) is 1. The van der Waals surface area contributed by atoms with Gasteiger partial charge in [-0.05, 0) is 43.7 Å². The summed E-state index contributed by atoms with van der Waals surface area (Å²) >= 11 is 0. The molecule has 1 aliphatic rings. The van der Waals surface area contributed by atoms with Crippen molar-refractivity contribution in [2.45, 2.75) is 17.7 Å². The third-order valence-corrected chi connectivity index (χ3v) is 4.90. The lowest BCUT2D eigenvalue weighted by Gasteiger charge is -2.26. The Hall–Kier alpha value is -1.02. The molecule has 1 aliphatic heterocycles. The minimum atomic E-state index is -3.53. The molecule has 21 heavy (non-hydrogen) atoms. The van der Waals surface area contributed by atoms with E-state index in [0.717, 1.165) is 57.8 Å². The number of hydrogen-bond acceptors (Lipinski definition) is 4. The van der Waals surface area contributed by atoms with E-state index in [4.69, 9.17) is 4.74 Å². The summed E-state index contributed by atoms with van der Waals surface area (Å²) in [6, 6.07) is 4.83. The molecule has 1 heterocycles. The quantitative estimate of drug-likeness (QED) is 0.769. The smallest absolute Gasteiger partial charge is 0.240 e. The van der Waals surface area contributed by atoms with Gasteiger partial charge in [0.2, 0.25) is 10.0 Å². The lowest BCUT2D eigenvalue weighted by atomic mass is 10.3. The van der Waals surface area contributed by atoms with Crippen LogP contribution in [0.25, 0.3) is 0 Å². The summed E-state index contributed by atoms with van der Waals surface area (Å²) < 4.78 is 44.5. The van der Waals surface area contributed by atoms with Crippen molar-refractivity contribution in [1.82, 2.24) is 9.62 Å². The molecule has 1 saturated heterocycles. The van der Waals surface area contributed by atoms with Crippen LogP contribution in [-0.2, 0) is 14.8 Å². The van der Waals surface area contributed by atoms with Gasteiger partial charge < -0.3 is 4.74 Å². The molecular weight excluding hydrogens is 295 g/mol. The number of halogens is 1. The molecule has 0 radical (unpaired) electrons. The predicted octanol–water partition coefficient (Wildman–Crippen LogP) is 1.22. The van der Waals surface area contributed by atoms with Crippen molar-refractivity contribution in [1.29, 1.82) is 0 Å². The number of unbranched alkanes of at least 4 members (excludes halogenated alkanes) is 1. The van der Waals surface area contributed by atoms with E-state index in [1.54, 1.807) is 0 Å². The van der Waals surface area contributed by atoms with Crippen LogP contribution in [0.3, 0.4) is 0 Å². The van der Waals surface area contributed by atoms with Crippen molar-refractivity contribution in [2.24, 2.45) is 0 Å². The van der Waals surface area contributed by atoms with E-state index < -0.39 is 15.8 Å².